The summed E-state index contributed by atoms with van der Waals surface area (Å²) in [5.74, 6) is 0.916. The predicted octanol–water partition coefficient (Wildman–Crippen LogP) is 3.69. The van der Waals surface area contributed by atoms with Crippen LogP contribution in [0.4, 0.5) is 0 Å². The van der Waals surface area contributed by atoms with Crippen LogP contribution in [0.3, 0.4) is 0 Å². The molecule has 2 rings (SSSR count). The fourth-order valence-electron chi connectivity index (χ4n) is 2.99. The summed E-state index contributed by atoms with van der Waals surface area (Å²) in [6, 6.07) is 8.62. The van der Waals surface area contributed by atoms with Crippen molar-refractivity contribution < 1.29 is 9.47 Å². The van der Waals surface area contributed by atoms with Crippen LogP contribution in [0.25, 0.3) is 0 Å². The van der Waals surface area contributed by atoms with Crippen molar-refractivity contribution in [1.29, 1.82) is 0 Å². The molecule has 0 aromatic heterocycles. The van der Waals surface area contributed by atoms with Gasteiger partial charge in [0.1, 0.15) is 17.5 Å². The van der Waals surface area contributed by atoms with E-state index < -0.39 is 0 Å². The van der Waals surface area contributed by atoms with E-state index in [1.54, 1.807) is 0 Å². The highest BCUT2D eigenvalue weighted by Crippen LogP contribution is 2.39. The van der Waals surface area contributed by atoms with Crippen molar-refractivity contribution in [2.24, 2.45) is 5.73 Å². The lowest BCUT2D eigenvalue weighted by atomic mass is 9.97. The molecule has 3 heteroatoms. The first-order valence-corrected chi connectivity index (χ1v) is 7.89. The summed E-state index contributed by atoms with van der Waals surface area (Å²) in [5.41, 5.74) is 6.73. The zero-order chi connectivity index (χ0) is 15.7. The highest BCUT2D eigenvalue weighted by Gasteiger charge is 2.47. The van der Waals surface area contributed by atoms with Gasteiger partial charge in [-0.1, -0.05) is 12.1 Å². The minimum Gasteiger partial charge on any atom is -0.487 e. The molecular formula is C18H29NO2. The molecule has 3 nitrogen and oxygen atoms in total. The molecule has 2 atom stereocenters. The molecule has 1 saturated heterocycles. The second kappa shape index (κ2) is 5.98. The topological polar surface area (TPSA) is 44.5 Å². The van der Waals surface area contributed by atoms with Gasteiger partial charge in [0.2, 0.25) is 0 Å². The third-order valence-electron chi connectivity index (χ3n) is 4.08. The Morgan fingerprint density at radius 2 is 1.86 bits per heavy atom. The third kappa shape index (κ3) is 4.45. The Hall–Kier alpha value is -1.06. The molecular weight excluding hydrogens is 262 g/mol. The highest BCUT2D eigenvalue weighted by atomic mass is 16.6. The first kappa shape index (κ1) is 16.3. The zero-order valence-corrected chi connectivity index (χ0v) is 14.0. The Balaban J connectivity index is 1.97. The van der Waals surface area contributed by atoms with Crippen molar-refractivity contribution in [3.05, 3.63) is 29.8 Å². The summed E-state index contributed by atoms with van der Waals surface area (Å²) in [7, 11) is 0. The van der Waals surface area contributed by atoms with Gasteiger partial charge >= 0.3 is 0 Å². The molecule has 0 spiro atoms. The van der Waals surface area contributed by atoms with Gasteiger partial charge in [0.15, 0.2) is 0 Å². The van der Waals surface area contributed by atoms with E-state index in [0.29, 0.717) is 0 Å². The predicted molar refractivity (Wildman–Crippen MR) is 86.7 cm³/mol. The molecule has 21 heavy (non-hydrogen) atoms. The Bertz CT molecular complexity index is 463. The standard InChI is InChI=1S/C18H29NO2/c1-13(19)6-7-14-8-10-15(11-9-14)20-16-12-17(2,3)21-18(16,4)5/h8-11,13,16H,6-7,12,19H2,1-5H3. The molecule has 118 valence electrons. The summed E-state index contributed by atoms with van der Waals surface area (Å²) >= 11 is 0. The summed E-state index contributed by atoms with van der Waals surface area (Å²) in [5, 5.41) is 0. The maximum absolute atomic E-state index is 6.16. The molecule has 0 saturated carbocycles. The molecule has 1 aromatic rings. The number of aryl methyl sites for hydroxylation is 1. The fourth-order valence-corrected chi connectivity index (χ4v) is 2.99. The molecule has 2 unspecified atom stereocenters. The van der Waals surface area contributed by atoms with Gasteiger partial charge in [-0.2, -0.15) is 0 Å². The van der Waals surface area contributed by atoms with E-state index in [1.165, 1.54) is 5.56 Å². The normalized spacial score (nSPS) is 24.8. The lowest BCUT2D eigenvalue weighted by Crippen LogP contribution is -2.36. The van der Waals surface area contributed by atoms with E-state index in [9.17, 15) is 0 Å². The van der Waals surface area contributed by atoms with Crippen LogP contribution >= 0.6 is 0 Å². The Morgan fingerprint density at radius 1 is 1.24 bits per heavy atom. The number of rotatable bonds is 5. The molecule has 0 aliphatic carbocycles. The molecule has 1 aliphatic rings. The minimum atomic E-state index is -0.253. The maximum Gasteiger partial charge on any atom is 0.130 e. The van der Waals surface area contributed by atoms with Crippen LogP contribution < -0.4 is 10.5 Å². The van der Waals surface area contributed by atoms with E-state index in [0.717, 1.165) is 25.0 Å². The van der Waals surface area contributed by atoms with Crippen LogP contribution in [-0.4, -0.2) is 23.3 Å². The van der Waals surface area contributed by atoms with E-state index in [2.05, 4.69) is 52.0 Å². The molecule has 2 N–H and O–H groups in total. The van der Waals surface area contributed by atoms with Crippen molar-refractivity contribution >= 4 is 0 Å². The quantitative estimate of drug-likeness (QED) is 0.900. The van der Waals surface area contributed by atoms with Crippen LogP contribution in [0.2, 0.25) is 0 Å². The molecule has 1 aromatic carbocycles. The van der Waals surface area contributed by atoms with Crippen molar-refractivity contribution in [2.45, 2.75) is 77.2 Å². The Morgan fingerprint density at radius 3 is 2.33 bits per heavy atom. The van der Waals surface area contributed by atoms with Crippen molar-refractivity contribution in [3.8, 4) is 5.75 Å². The van der Waals surface area contributed by atoms with Crippen LogP contribution in [0.5, 0.6) is 5.75 Å². The summed E-state index contributed by atoms with van der Waals surface area (Å²) in [6.45, 7) is 10.5. The first-order chi connectivity index (χ1) is 9.68. The third-order valence-corrected chi connectivity index (χ3v) is 4.08. The smallest absolute Gasteiger partial charge is 0.130 e. The fraction of sp³-hybridized carbons (Fsp3) is 0.667. The largest absolute Gasteiger partial charge is 0.487 e. The van der Waals surface area contributed by atoms with Gasteiger partial charge in [-0.3, -0.25) is 0 Å². The van der Waals surface area contributed by atoms with Crippen LogP contribution in [0, 0.1) is 0 Å². The van der Waals surface area contributed by atoms with Crippen molar-refractivity contribution in [2.75, 3.05) is 0 Å². The van der Waals surface area contributed by atoms with Gasteiger partial charge in [-0.15, -0.1) is 0 Å². The molecule has 1 fully saturated rings. The van der Waals surface area contributed by atoms with Gasteiger partial charge in [0.25, 0.3) is 0 Å². The molecule has 0 amide bonds. The van der Waals surface area contributed by atoms with Crippen LogP contribution in [0.15, 0.2) is 24.3 Å². The summed E-state index contributed by atoms with van der Waals surface area (Å²) in [6.07, 6.45) is 3.02. The molecule has 0 bridgehead atoms. The second-order valence-corrected chi connectivity index (χ2v) is 7.44. The number of benzene rings is 1. The van der Waals surface area contributed by atoms with Crippen molar-refractivity contribution in [1.82, 2.24) is 0 Å². The average Bonchev–Trinajstić information content (AvgIpc) is 2.56. The average molecular weight is 291 g/mol. The lowest BCUT2D eigenvalue weighted by molar-refractivity contribution is -0.0846. The zero-order valence-electron chi connectivity index (χ0n) is 14.0. The first-order valence-electron chi connectivity index (χ1n) is 7.89. The van der Waals surface area contributed by atoms with E-state index in [4.69, 9.17) is 15.2 Å². The summed E-state index contributed by atoms with van der Waals surface area (Å²) < 4.78 is 12.2. The molecule has 1 aliphatic heterocycles. The van der Waals surface area contributed by atoms with Crippen LogP contribution in [0.1, 0.15) is 53.0 Å². The van der Waals surface area contributed by atoms with E-state index >= 15 is 0 Å². The number of hydrogen-bond acceptors (Lipinski definition) is 3. The van der Waals surface area contributed by atoms with Crippen LogP contribution in [-0.2, 0) is 11.2 Å². The van der Waals surface area contributed by atoms with Gasteiger partial charge < -0.3 is 15.2 Å². The Labute approximate surface area is 128 Å². The molecule has 1 heterocycles. The highest BCUT2D eigenvalue weighted by molar-refractivity contribution is 5.28. The minimum absolute atomic E-state index is 0.0856. The monoisotopic (exact) mass is 291 g/mol. The maximum atomic E-state index is 6.16. The number of hydrogen-bond donors (Lipinski definition) is 1. The number of ether oxygens (including phenoxy) is 2. The SMILES string of the molecule is CC(N)CCc1ccc(OC2CC(C)(C)OC2(C)C)cc1. The molecule has 0 radical (unpaired) electrons. The van der Waals surface area contributed by atoms with Gasteiger partial charge in [-0.05, 0) is 65.2 Å². The van der Waals surface area contributed by atoms with E-state index in [-0.39, 0.29) is 23.3 Å². The van der Waals surface area contributed by atoms with Gasteiger partial charge in [0, 0.05) is 12.5 Å². The second-order valence-electron chi connectivity index (χ2n) is 7.44. The lowest BCUT2D eigenvalue weighted by Gasteiger charge is -2.27. The van der Waals surface area contributed by atoms with Gasteiger partial charge in [-0.25, -0.2) is 0 Å². The summed E-state index contributed by atoms with van der Waals surface area (Å²) in [4.78, 5) is 0. The van der Waals surface area contributed by atoms with Gasteiger partial charge in [0.05, 0.1) is 5.60 Å². The number of nitrogens with two attached hydrogens (primary N) is 1. The Kier molecular flexibility index (Phi) is 4.64. The van der Waals surface area contributed by atoms with Crippen molar-refractivity contribution in [3.63, 3.8) is 0 Å². The van der Waals surface area contributed by atoms with E-state index in [1.807, 2.05) is 6.92 Å².